The van der Waals surface area contributed by atoms with Gasteiger partial charge in [-0.15, -0.1) is 0 Å². The summed E-state index contributed by atoms with van der Waals surface area (Å²) in [7, 11) is -3.80. The number of carbonyl (C=O) groups is 2. The van der Waals surface area contributed by atoms with E-state index in [1.54, 1.807) is 36.4 Å². The second kappa shape index (κ2) is 11.2. The van der Waals surface area contributed by atoms with Crippen molar-refractivity contribution in [2.24, 2.45) is 5.73 Å². The molecule has 3 rings (SSSR count). The van der Waals surface area contributed by atoms with Crippen molar-refractivity contribution in [1.82, 2.24) is 0 Å². The molecule has 0 aliphatic heterocycles. The van der Waals surface area contributed by atoms with E-state index in [1.165, 1.54) is 36.4 Å². The van der Waals surface area contributed by atoms with Crippen LogP contribution in [0.3, 0.4) is 0 Å². The molecule has 0 fully saturated rings. The van der Waals surface area contributed by atoms with Gasteiger partial charge in [-0.1, -0.05) is 12.1 Å². The van der Waals surface area contributed by atoms with Crippen LogP contribution in [0.2, 0.25) is 0 Å². The topological polar surface area (TPSA) is 134 Å². The summed E-state index contributed by atoms with van der Waals surface area (Å²) in [4.78, 5) is 23.3. The highest BCUT2D eigenvalue weighted by atomic mass is 32.2. The fraction of sp³-hybridized carbons (Fsp3) is 0.167. The van der Waals surface area contributed by atoms with Gasteiger partial charge in [-0.2, -0.15) is 0 Å². The third-order valence-electron chi connectivity index (χ3n) is 4.47. The van der Waals surface area contributed by atoms with Crippen LogP contribution < -0.4 is 19.9 Å². The quantitative estimate of drug-likeness (QED) is 0.399. The molecule has 0 saturated heterocycles. The second-order valence-corrected chi connectivity index (χ2v) is 8.75. The molecule has 9 nitrogen and oxygen atoms in total. The summed E-state index contributed by atoms with van der Waals surface area (Å²) in [6, 6.07) is 18.7. The summed E-state index contributed by atoms with van der Waals surface area (Å²) in [6.45, 7) is 2.06. The maximum atomic E-state index is 12.6. The van der Waals surface area contributed by atoms with E-state index >= 15 is 0 Å². The predicted octanol–water partition coefficient (Wildman–Crippen LogP) is 3.11. The molecule has 0 aromatic heterocycles. The maximum Gasteiger partial charge on any atom is 0.338 e. The summed E-state index contributed by atoms with van der Waals surface area (Å²) in [5, 5.41) is 0. The molecule has 0 aliphatic carbocycles. The lowest BCUT2D eigenvalue weighted by atomic mass is 10.2. The van der Waals surface area contributed by atoms with Gasteiger partial charge in [0.15, 0.2) is 6.61 Å². The summed E-state index contributed by atoms with van der Waals surface area (Å²) in [5.74, 6) is -0.169. The molecule has 34 heavy (non-hydrogen) atoms. The Hall–Kier alpha value is -4.05. The minimum Gasteiger partial charge on any atom is -0.494 e. The van der Waals surface area contributed by atoms with Gasteiger partial charge in [0.2, 0.25) is 0 Å². The Bertz CT molecular complexity index is 1240. The van der Waals surface area contributed by atoms with Crippen molar-refractivity contribution in [2.45, 2.75) is 18.4 Å². The van der Waals surface area contributed by atoms with Gasteiger partial charge in [-0.05, 0) is 73.2 Å². The molecule has 3 N–H and O–H groups in total. The zero-order valence-electron chi connectivity index (χ0n) is 18.4. The normalized spacial score (nSPS) is 10.9. The van der Waals surface area contributed by atoms with Crippen LogP contribution in [0.1, 0.15) is 22.8 Å². The number of nitrogens with one attached hydrogen (secondary N) is 1. The molecule has 10 heteroatoms. The van der Waals surface area contributed by atoms with E-state index in [1.807, 2.05) is 6.92 Å². The number of hydrogen-bond donors (Lipinski definition) is 2. The van der Waals surface area contributed by atoms with Gasteiger partial charge < -0.3 is 19.9 Å². The Morgan fingerprint density at radius 2 is 1.62 bits per heavy atom. The number of amides is 1. The van der Waals surface area contributed by atoms with Gasteiger partial charge in [0.1, 0.15) is 18.1 Å². The number of nitrogens with two attached hydrogens (primary N) is 1. The Labute approximate surface area is 197 Å². The summed E-state index contributed by atoms with van der Waals surface area (Å²) < 4.78 is 43.5. The van der Waals surface area contributed by atoms with Gasteiger partial charge in [0.05, 0.1) is 17.1 Å². The minimum atomic E-state index is -3.80. The number of hydrogen-bond acceptors (Lipinski definition) is 7. The van der Waals surface area contributed by atoms with Crippen molar-refractivity contribution in [3.8, 4) is 11.5 Å². The Balaban J connectivity index is 1.58. The largest absolute Gasteiger partial charge is 0.494 e. The van der Waals surface area contributed by atoms with Gasteiger partial charge >= 0.3 is 5.97 Å². The molecular formula is C24H24N2O7S. The lowest BCUT2D eigenvalue weighted by Gasteiger charge is -2.10. The van der Waals surface area contributed by atoms with E-state index in [-0.39, 0.29) is 23.7 Å². The summed E-state index contributed by atoms with van der Waals surface area (Å²) in [6.07, 6.45) is 0. The zero-order chi connectivity index (χ0) is 24.6. The number of carbonyl (C=O) groups excluding carboxylic acids is 2. The first kappa shape index (κ1) is 24.6. The van der Waals surface area contributed by atoms with Crippen molar-refractivity contribution in [3.63, 3.8) is 0 Å². The highest BCUT2D eigenvalue weighted by molar-refractivity contribution is 7.92. The predicted molar refractivity (Wildman–Crippen MR) is 125 cm³/mol. The first-order valence-electron chi connectivity index (χ1n) is 10.3. The van der Waals surface area contributed by atoms with Gasteiger partial charge in [-0.3, -0.25) is 9.52 Å². The van der Waals surface area contributed by atoms with Crippen molar-refractivity contribution in [1.29, 1.82) is 0 Å². The fourth-order valence-electron chi connectivity index (χ4n) is 2.88. The highest BCUT2D eigenvalue weighted by Crippen LogP contribution is 2.20. The van der Waals surface area contributed by atoms with Crippen LogP contribution in [-0.4, -0.2) is 33.5 Å². The van der Waals surface area contributed by atoms with Crippen LogP contribution in [0.15, 0.2) is 77.7 Å². The van der Waals surface area contributed by atoms with E-state index in [0.717, 1.165) is 0 Å². The number of benzene rings is 3. The number of primary amides is 1. The molecule has 0 saturated carbocycles. The Morgan fingerprint density at radius 1 is 0.912 bits per heavy atom. The van der Waals surface area contributed by atoms with Crippen LogP contribution in [0.5, 0.6) is 11.5 Å². The molecule has 3 aromatic carbocycles. The van der Waals surface area contributed by atoms with Crippen molar-refractivity contribution in [2.75, 3.05) is 17.9 Å². The molecule has 0 bridgehead atoms. The molecule has 3 aromatic rings. The third-order valence-corrected chi connectivity index (χ3v) is 5.86. The van der Waals surface area contributed by atoms with Gasteiger partial charge in [-0.25, -0.2) is 13.2 Å². The number of esters is 1. The standard InChI is InChI=1S/C24H24N2O7S/c1-2-31-20-10-12-22(13-11-20)34(29,30)26-19-8-6-18(7-9-19)24(28)33-15-17-4-3-5-21(14-17)32-16-23(25)27/h3-14,26H,2,15-16H2,1H3,(H2,25,27). The van der Waals surface area contributed by atoms with E-state index in [0.29, 0.717) is 29.4 Å². The fourth-order valence-corrected chi connectivity index (χ4v) is 3.94. The van der Waals surface area contributed by atoms with Crippen LogP contribution in [-0.2, 0) is 26.2 Å². The second-order valence-electron chi connectivity index (χ2n) is 7.07. The lowest BCUT2D eigenvalue weighted by molar-refractivity contribution is -0.119. The van der Waals surface area contributed by atoms with Crippen molar-refractivity contribution < 1.29 is 32.2 Å². The number of ether oxygens (including phenoxy) is 3. The van der Waals surface area contributed by atoms with Crippen LogP contribution in [0, 0.1) is 0 Å². The molecular weight excluding hydrogens is 460 g/mol. The average molecular weight is 485 g/mol. The molecule has 1 amide bonds. The van der Waals surface area contributed by atoms with E-state index in [4.69, 9.17) is 19.9 Å². The van der Waals surface area contributed by atoms with Crippen molar-refractivity contribution >= 4 is 27.6 Å². The molecule has 0 aliphatic rings. The van der Waals surface area contributed by atoms with Gasteiger partial charge in [0, 0.05) is 5.69 Å². The molecule has 0 heterocycles. The smallest absolute Gasteiger partial charge is 0.338 e. The van der Waals surface area contributed by atoms with E-state index in [2.05, 4.69) is 4.72 Å². The van der Waals surface area contributed by atoms with E-state index in [9.17, 15) is 18.0 Å². The van der Waals surface area contributed by atoms with Gasteiger partial charge in [0.25, 0.3) is 15.9 Å². The SMILES string of the molecule is CCOc1ccc(S(=O)(=O)Nc2ccc(C(=O)OCc3cccc(OCC(N)=O)c3)cc2)cc1. The lowest BCUT2D eigenvalue weighted by Crippen LogP contribution is -2.20. The number of anilines is 1. The Kier molecular flexibility index (Phi) is 8.10. The van der Waals surface area contributed by atoms with Crippen LogP contribution >= 0.6 is 0 Å². The maximum absolute atomic E-state index is 12.6. The van der Waals surface area contributed by atoms with Crippen LogP contribution in [0.25, 0.3) is 0 Å². The number of rotatable bonds is 11. The third kappa shape index (κ3) is 6.97. The summed E-state index contributed by atoms with van der Waals surface area (Å²) >= 11 is 0. The molecule has 0 atom stereocenters. The van der Waals surface area contributed by atoms with Crippen LogP contribution in [0.4, 0.5) is 5.69 Å². The zero-order valence-corrected chi connectivity index (χ0v) is 19.2. The average Bonchev–Trinajstić information content (AvgIpc) is 2.82. The highest BCUT2D eigenvalue weighted by Gasteiger charge is 2.15. The molecule has 0 spiro atoms. The molecule has 0 radical (unpaired) electrons. The minimum absolute atomic E-state index is 0.0152. The molecule has 0 unspecified atom stereocenters. The molecule has 178 valence electrons. The van der Waals surface area contributed by atoms with E-state index < -0.39 is 21.9 Å². The number of sulfonamides is 1. The first-order valence-corrected chi connectivity index (χ1v) is 11.8. The first-order chi connectivity index (χ1) is 16.3. The Morgan fingerprint density at radius 3 is 2.26 bits per heavy atom. The summed E-state index contributed by atoms with van der Waals surface area (Å²) in [5.41, 5.74) is 6.27. The van der Waals surface area contributed by atoms with Crippen molar-refractivity contribution in [3.05, 3.63) is 83.9 Å². The monoisotopic (exact) mass is 484 g/mol.